The fraction of sp³-hybridized carbons (Fsp3) is 0.812. The van der Waals surface area contributed by atoms with Crippen LogP contribution in [0.2, 0.25) is 0 Å². The van der Waals surface area contributed by atoms with Gasteiger partial charge in [-0.05, 0) is 18.8 Å². The van der Waals surface area contributed by atoms with Gasteiger partial charge in [0.25, 0.3) is 0 Å². The number of imidazole rings is 1. The average Bonchev–Trinajstić information content (AvgIpc) is 2.72. The molecule has 0 N–H and O–H groups in total. The molecule has 0 radical (unpaired) electrons. The van der Waals surface area contributed by atoms with Gasteiger partial charge in [-0.25, -0.2) is 9.13 Å². The highest BCUT2D eigenvalue weighted by molar-refractivity contribution is 4.65. The number of rotatable bonds is 10. The van der Waals surface area contributed by atoms with Gasteiger partial charge in [-0.2, -0.15) is 0 Å². The van der Waals surface area contributed by atoms with Gasteiger partial charge in [-0.15, -0.1) is 0 Å². The molecule has 0 amide bonds. The first-order chi connectivity index (χ1) is 8.68. The largest absolute Gasteiger partial charge is 1.00 e. The lowest BCUT2D eigenvalue weighted by molar-refractivity contribution is -0.671. The molecule has 0 atom stereocenters. The summed E-state index contributed by atoms with van der Waals surface area (Å²) in [6.07, 6.45) is 17.7. The maximum absolute atomic E-state index is 2.32. The van der Waals surface area contributed by atoms with E-state index in [2.05, 4.69) is 48.8 Å². The number of halogens is 1. The zero-order chi connectivity index (χ0) is 13.2. The highest BCUT2D eigenvalue weighted by atomic mass is 35.5. The van der Waals surface area contributed by atoms with Gasteiger partial charge in [0.05, 0.1) is 13.6 Å². The Labute approximate surface area is 125 Å². The van der Waals surface area contributed by atoms with Crippen LogP contribution < -0.4 is 17.0 Å². The van der Waals surface area contributed by atoms with Crippen LogP contribution >= 0.6 is 0 Å². The molecule has 0 bridgehead atoms. The van der Waals surface area contributed by atoms with Gasteiger partial charge in [-0.1, -0.05) is 52.4 Å². The zero-order valence-corrected chi connectivity index (χ0v) is 13.7. The standard InChI is InChI=1S/C16H31N2.ClH/c1-16(2)11-9-7-5-4-6-8-10-12-18-14-13-17(3)15-18;/h13-16H,4-12H2,1-3H3;1H/q+1;/p-1. The van der Waals surface area contributed by atoms with Crippen molar-refractivity contribution in [1.82, 2.24) is 4.57 Å². The SMILES string of the molecule is CC(C)CCCCCCCCCn1cc[n+](C)c1.[Cl-]. The molecule has 0 fully saturated rings. The Kier molecular flexibility index (Phi) is 11.0. The Hall–Kier alpha value is -0.500. The highest BCUT2D eigenvalue weighted by Gasteiger charge is 1.99. The summed E-state index contributed by atoms with van der Waals surface area (Å²) in [5.41, 5.74) is 0. The summed E-state index contributed by atoms with van der Waals surface area (Å²) in [5, 5.41) is 0. The van der Waals surface area contributed by atoms with Crippen LogP contribution in [0.4, 0.5) is 0 Å². The average molecular weight is 287 g/mol. The molecular weight excluding hydrogens is 256 g/mol. The summed E-state index contributed by atoms with van der Waals surface area (Å²) in [7, 11) is 2.08. The van der Waals surface area contributed by atoms with Crippen LogP contribution in [0.25, 0.3) is 0 Å². The van der Waals surface area contributed by atoms with Crippen molar-refractivity contribution in [3.63, 3.8) is 0 Å². The molecule has 112 valence electrons. The van der Waals surface area contributed by atoms with Crippen molar-refractivity contribution in [3.8, 4) is 0 Å². The Balaban J connectivity index is 0.00000324. The molecule has 3 heteroatoms. The molecule has 1 heterocycles. The molecular formula is C16H31ClN2. The van der Waals surface area contributed by atoms with E-state index in [9.17, 15) is 0 Å². The fourth-order valence-electron chi connectivity index (χ4n) is 2.36. The lowest BCUT2D eigenvalue weighted by Crippen LogP contribution is -3.00. The number of aromatic nitrogens is 2. The Morgan fingerprint density at radius 2 is 1.53 bits per heavy atom. The molecule has 0 spiro atoms. The molecule has 1 aromatic rings. The monoisotopic (exact) mass is 286 g/mol. The maximum Gasteiger partial charge on any atom is 0.243 e. The lowest BCUT2D eigenvalue weighted by atomic mass is 10.0. The van der Waals surface area contributed by atoms with Crippen molar-refractivity contribution in [3.05, 3.63) is 18.7 Å². The minimum absolute atomic E-state index is 0. The molecule has 0 aliphatic carbocycles. The van der Waals surface area contributed by atoms with Gasteiger partial charge in [-0.3, -0.25) is 0 Å². The molecule has 1 rings (SSSR count). The van der Waals surface area contributed by atoms with Gasteiger partial charge in [0, 0.05) is 0 Å². The number of nitrogens with zero attached hydrogens (tertiary/aromatic N) is 2. The number of aryl methyl sites for hydroxylation is 2. The predicted octanol–water partition coefficient (Wildman–Crippen LogP) is 1.09. The van der Waals surface area contributed by atoms with E-state index < -0.39 is 0 Å². The summed E-state index contributed by atoms with van der Waals surface area (Å²) in [5.74, 6) is 0.882. The second-order valence-corrected chi connectivity index (χ2v) is 5.97. The minimum Gasteiger partial charge on any atom is -1.00 e. The predicted molar refractivity (Wildman–Crippen MR) is 77.4 cm³/mol. The Morgan fingerprint density at radius 3 is 2.05 bits per heavy atom. The molecule has 0 saturated carbocycles. The van der Waals surface area contributed by atoms with Crippen LogP contribution in [0.1, 0.15) is 65.2 Å². The molecule has 2 nitrogen and oxygen atoms in total. The molecule has 0 saturated heterocycles. The van der Waals surface area contributed by atoms with Crippen LogP contribution in [0, 0.1) is 5.92 Å². The van der Waals surface area contributed by atoms with E-state index in [0.29, 0.717) is 0 Å². The van der Waals surface area contributed by atoms with Crippen LogP contribution in [0.15, 0.2) is 18.7 Å². The second-order valence-electron chi connectivity index (χ2n) is 5.97. The van der Waals surface area contributed by atoms with Gasteiger partial charge in [0.1, 0.15) is 12.4 Å². The number of hydrogen-bond donors (Lipinski definition) is 0. The summed E-state index contributed by atoms with van der Waals surface area (Å²) in [6.45, 7) is 5.82. The van der Waals surface area contributed by atoms with E-state index in [4.69, 9.17) is 0 Å². The first-order valence-corrected chi connectivity index (χ1v) is 7.69. The normalized spacial score (nSPS) is 10.7. The van der Waals surface area contributed by atoms with E-state index in [1.54, 1.807) is 0 Å². The third-order valence-corrected chi connectivity index (χ3v) is 3.52. The van der Waals surface area contributed by atoms with E-state index in [-0.39, 0.29) is 12.4 Å². The van der Waals surface area contributed by atoms with Crippen molar-refractivity contribution < 1.29 is 17.0 Å². The van der Waals surface area contributed by atoms with Crippen LogP contribution in [0.5, 0.6) is 0 Å². The molecule has 0 aliphatic rings. The number of unbranched alkanes of at least 4 members (excludes halogenated alkanes) is 6. The van der Waals surface area contributed by atoms with Gasteiger partial charge >= 0.3 is 0 Å². The smallest absolute Gasteiger partial charge is 0.243 e. The van der Waals surface area contributed by atoms with Crippen LogP contribution in [-0.2, 0) is 13.6 Å². The Morgan fingerprint density at radius 1 is 0.947 bits per heavy atom. The maximum atomic E-state index is 2.32. The van der Waals surface area contributed by atoms with E-state index in [1.807, 2.05) is 0 Å². The van der Waals surface area contributed by atoms with E-state index >= 15 is 0 Å². The third kappa shape index (κ3) is 10.0. The molecule has 1 aromatic heterocycles. The summed E-state index contributed by atoms with van der Waals surface area (Å²) >= 11 is 0. The van der Waals surface area contributed by atoms with Gasteiger partial charge < -0.3 is 12.4 Å². The lowest BCUT2D eigenvalue weighted by Gasteiger charge is -2.04. The zero-order valence-electron chi connectivity index (χ0n) is 12.9. The van der Waals surface area contributed by atoms with Crippen molar-refractivity contribution >= 4 is 0 Å². The van der Waals surface area contributed by atoms with Gasteiger partial charge in [0.2, 0.25) is 6.33 Å². The summed E-state index contributed by atoms with van der Waals surface area (Å²) < 4.78 is 4.39. The first-order valence-electron chi connectivity index (χ1n) is 7.69. The summed E-state index contributed by atoms with van der Waals surface area (Å²) in [4.78, 5) is 0. The molecule has 0 aliphatic heterocycles. The number of hydrogen-bond acceptors (Lipinski definition) is 0. The second kappa shape index (κ2) is 11.3. The quantitative estimate of drug-likeness (QED) is 0.450. The van der Waals surface area contributed by atoms with Crippen molar-refractivity contribution in [2.75, 3.05) is 0 Å². The van der Waals surface area contributed by atoms with Crippen LogP contribution in [0.3, 0.4) is 0 Å². The minimum atomic E-state index is 0. The van der Waals surface area contributed by atoms with Crippen molar-refractivity contribution in [1.29, 1.82) is 0 Å². The Bertz CT molecular complexity index is 307. The van der Waals surface area contributed by atoms with Crippen LogP contribution in [-0.4, -0.2) is 4.57 Å². The first kappa shape index (κ1) is 18.5. The van der Waals surface area contributed by atoms with Gasteiger partial charge in [0.15, 0.2) is 0 Å². The highest BCUT2D eigenvalue weighted by Crippen LogP contribution is 2.12. The topological polar surface area (TPSA) is 8.81 Å². The molecule has 0 aromatic carbocycles. The molecule has 19 heavy (non-hydrogen) atoms. The summed E-state index contributed by atoms with van der Waals surface area (Å²) in [6, 6.07) is 0. The van der Waals surface area contributed by atoms with Crippen molar-refractivity contribution in [2.24, 2.45) is 13.0 Å². The molecule has 0 unspecified atom stereocenters. The fourth-order valence-corrected chi connectivity index (χ4v) is 2.36. The third-order valence-electron chi connectivity index (χ3n) is 3.52. The van der Waals surface area contributed by atoms with E-state index in [0.717, 1.165) is 5.92 Å². The van der Waals surface area contributed by atoms with Crippen molar-refractivity contribution in [2.45, 2.75) is 71.8 Å². The van der Waals surface area contributed by atoms with E-state index in [1.165, 1.54) is 57.9 Å².